The summed E-state index contributed by atoms with van der Waals surface area (Å²) in [7, 11) is -2.43. The number of aromatic hydroxyl groups is 2. The first-order chi connectivity index (χ1) is 29.7. The maximum atomic E-state index is 10.4. The molecule has 0 aliphatic heterocycles. The van der Waals surface area contributed by atoms with Crippen molar-refractivity contribution in [1.82, 2.24) is 0 Å². The standard InChI is InChI=1S/C36H28P2.C20H14O2.Pt/c1-5-17-29(18-6-1)37(30-19-7-2-8-20-30)35-27-15-13-25-33(35)34-26-14-16-28-36(34)38(31-21-9-3-10-22-31)32-23-11-4-12-24-32;21-17-11-9-13-5-1-3-7-15(13)19(17)20-16-8-4-2-6-14(16)10-12-18(20)22;/h1-28H;1-12,21-22H;/p+2. The van der Waals surface area contributed by atoms with Crippen LogP contribution in [0.4, 0.5) is 0 Å². The second-order valence-corrected chi connectivity index (χ2v) is 19.6. The fourth-order valence-electron chi connectivity index (χ4n) is 8.29. The van der Waals surface area contributed by atoms with Crippen LogP contribution in [0.25, 0.3) is 43.8 Å². The average Bonchev–Trinajstić information content (AvgIpc) is 3.32. The van der Waals surface area contributed by atoms with Crippen LogP contribution in [-0.4, -0.2) is 10.2 Å². The minimum atomic E-state index is -1.21. The van der Waals surface area contributed by atoms with E-state index in [9.17, 15) is 10.2 Å². The topological polar surface area (TPSA) is 40.5 Å². The van der Waals surface area contributed by atoms with Gasteiger partial charge in [-0.3, -0.25) is 0 Å². The second-order valence-electron chi connectivity index (χ2n) is 14.7. The minimum Gasteiger partial charge on any atom is -0.507 e. The molecule has 0 aliphatic carbocycles. The molecule has 0 radical (unpaired) electrons. The van der Waals surface area contributed by atoms with Crippen LogP contribution in [0.5, 0.6) is 11.5 Å². The molecule has 0 atom stereocenters. The Kier molecular flexibility index (Phi) is 13.3. The number of fused-ring (bicyclic) bond motifs is 2. The Balaban J connectivity index is 0.000000190. The van der Waals surface area contributed by atoms with Crippen molar-refractivity contribution in [2.45, 2.75) is 0 Å². The molecule has 10 rings (SSSR count). The van der Waals surface area contributed by atoms with E-state index in [0.29, 0.717) is 11.1 Å². The third-order valence-electron chi connectivity index (χ3n) is 11.0. The molecule has 0 heterocycles. The Labute approximate surface area is 374 Å². The van der Waals surface area contributed by atoms with E-state index in [1.165, 1.54) is 43.0 Å². The Hall–Kier alpha value is -6.13. The largest absolute Gasteiger partial charge is 0.507 e. The van der Waals surface area contributed by atoms with Gasteiger partial charge in [0.2, 0.25) is 0 Å². The first-order valence-electron chi connectivity index (χ1n) is 20.2. The number of hydrogen-bond acceptors (Lipinski definition) is 2. The van der Waals surface area contributed by atoms with Gasteiger partial charge in [0, 0.05) is 43.3 Å². The Morgan fingerprint density at radius 1 is 0.262 bits per heavy atom. The van der Waals surface area contributed by atoms with E-state index >= 15 is 0 Å². The van der Waals surface area contributed by atoms with Crippen LogP contribution in [0.15, 0.2) is 243 Å². The number of benzene rings is 10. The summed E-state index contributed by atoms with van der Waals surface area (Å²) in [5.41, 5.74) is 4.04. The molecule has 0 spiro atoms. The minimum absolute atomic E-state index is 0. The summed E-state index contributed by atoms with van der Waals surface area (Å²) in [5.74, 6) is 0.343. The molecule has 0 amide bonds. The van der Waals surface area contributed by atoms with Gasteiger partial charge in [0.25, 0.3) is 0 Å². The molecule has 2 nitrogen and oxygen atoms in total. The first-order valence-corrected chi connectivity index (χ1v) is 23.2. The number of rotatable bonds is 8. The molecule has 10 aromatic rings. The maximum Gasteiger partial charge on any atom is 0.124 e. The predicted octanol–water partition coefficient (Wildman–Crippen LogP) is 11.4. The zero-order chi connectivity index (χ0) is 40.7. The fraction of sp³-hybridized carbons (Fsp3) is 0. The molecule has 0 saturated heterocycles. The van der Waals surface area contributed by atoms with Gasteiger partial charge >= 0.3 is 0 Å². The van der Waals surface area contributed by atoms with Crippen molar-refractivity contribution in [2.24, 2.45) is 0 Å². The first kappa shape index (κ1) is 41.6. The van der Waals surface area contributed by atoms with Gasteiger partial charge < -0.3 is 10.2 Å². The zero-order valence-corrected chi connectivity index (χ0v) is 37.6. The quantitative estimate of drug-likeness (QED) is 0.149. The van der Waals surface area contributed by atoms with Crippen LogP contribution in [0, 0.1) is 0 Å². The van der Waals surface area contributed by atoms with Gasteiger partial charge in [-0.05, 0) is 94.3 Å². The molecule has 61 heavy (non-hydrogen) atoms. The van der Waals surface area contributed by atoms with Crippen LogP contribution in [0.2, 0.25) is 0 Å². The Morgan fingerprint density at radius 3 is 0.885 bits per heavy atom. The van der Waals surface area contributed by atoms with Gasteiger partial charge in [0.05, 0.1) is 15.8 Å². The number of phenolic OH excluding ortho intramolecular Hbond substituents is 2. The molecule has 0 saturated carbocycles. The summed E-state index contributed by atoms with van der Waals surface area (Å²) in [6.45, 7) is 0. The van der Waals surface area contributed by atoms with Crippen molar-refractivity contribution in [3.63, 3.8) is 0 Å². The summed E-state index contributed by atoms with van der Waals surface area (Å²) in [6.07, 6.45) is 0. The van der Waals surface area contributed by atoms with Crippen LogP contribution >= 0.6 is 15.8 Å². The summed E-state index contributed by atoms with van der Waals surface area (Å²) < 4.78 is 0. The van der Waals surface area contributed by atoms with Gasteiger partial charge in [0.1, 0.15) is 43.3 Å². The van der Waals surface area contributed by atoms with Crippen LogP contribution in [-0.2, 0) is 21.1 Å². The van der Waals surface area contributed by atoms with Crippen molar-refractivity contribution >= 4 is 69.2 Å². The molecular formula is C56H44O2P2Pt+2. The van der Waals surface area contributed by atoms with E-state index < -0.39 is 15.8 Å². The van der Waals surface area contributed by atoms with Crippen molar-refractivity contribution < 1.29 is 31.3 Å². The van der Waals surface area contributed by atoms with E-state index in [4.69, 9.17) is 0 Å². The van der Waals surface area contributed by atoms with Gasteiger partial charge in [-0.1, -0.05) is 170 Å². The molecule has 0 unspecified atom stereocenters. The average molecular weight is 1010 g/mol. The molecule has 5 heteroatoms. The number of phenols is 2. The van der Waals surface area contributed by atoms with Crippen molar-refractivity contribution in [3.8, 4) is 33.8 Å². The summed E-state index contributed by atoms with van der Waals surface area (Å²) in [6, 6.07) is 85.3. The second kappa shape index (κ2) is 19.5. The molecule has 2 N–H and O–H groups in total. The fourth-order valence-corrected chi connectivity index (χ4v) is 13.8. The predicted molar refractivity (Wildman–Crippen MR) is 262 cm³/mol. The molecule has 10 aromatic carbocycles. The molecule has 298 valence electrons. The number of hydrogen-bond donors (Lipinski definition) is 2. The van der Waals surface area contributed by atoms with Crippen molar-refractivity contribution in [1.29, 1.82) is 0 Å². The van der Waals surface area contributed by atoms with E-state index in [1.54, 1.807) is 12.1 Å². The third kappa shape index (κ3) is 8.86. The van der Waals surface area contributed by atoms with Gasteiger partial charge in [-0.2, -0.15) is 0 Å². The van der Waals surface area contributed by atoms with E-state index in [0.717, 1.165) is 21.5 Å². The molecule has 0 fully saturated rings. The summed E-state index contributed by atoms with van der Waals surface area (Å²) in [5, 5.41) is 33.3. The molecule has 0 bridgehead atoms. The van der Waals surface area contributed by atoms with Crippen LogP contribution < -0.4 is 31.8 Å². The van der Waals surface area contributed by atoms with Gasteiger partial charge in [-0.25, -0.2) is 0 Å². The normalized spacial score (nSPS) is 10.9. The van der Waals surface area contributed by atoms with Crippen LogP contribution in [0.1, 0.15) is 0 Å². The van der Waals surface area contributed by atoms with Crippen LogP contribution in [0.3, 0.4) is 0 Å². The molecular weight excluding hydrogens is 962 g/mol. The molecule has 0 aromatic heterocycles. The zero-order valence-electron chi connectivity index (χ0n) is 33.3. The Bertz CT molecular complexity index is 2730. The monoisotopic (exact) mass is 1010 g/mol. The SMILES string of the molecule is Oc1ccc2ccccc2c1-c1c(O)ccc2ccccc12.[Pt].c1ccc([PH+](c2ccccc2)c2ccccc2-c2ccccc2[PH+](c2ccccc2)c2ccccc2)cc1. The van der Waals surface area contributed by atoms with E-state index in [1.807, 2.05) is 60.7 Å². The van der Waals surface area contributed by atoms with E-state index in [2.05, 4.69) is 170 Å². The van der Waals surface area contributed by atoms with Crippen molar-refractivity contribution in [2.75, 3.05) is 0 Å². The smallest absolute Gasteiger partial charge is 0.124 e. The van der Waals surface area contributed by atoms with Gasteiger partial charge in [0.15, 0.2) is 0 Å². The van der Waals surface area contributed by atoms with Gasteiger partial charge in [-0.15, -0.1) is 0 Å². The Morgan fingerprint density at radius 2 is 0.541 bits per heavy atom. The third-order valence-corrected chi connectivity index (χ3v) is 16.6. The molecule has 0 aliphatic rings. The summed E-state index contributed by atoms with van der Waals surface area (Å²) >= 11 is 0. The maximum absolute atomic E-state index is 10.4. The summed E-state index contributed by atoms with van der Waals surface area (Å²) in [4.78, 5) is 0. The van der Waals surface area contributed by atoms with E-state index in [-0.39, 0.29) is 32.6 Å². The van der Waals surface area contributed by atoms with Crippen molar-refractivity contribution in [3.05, 3.63) is 243 Å².